The van der Waals surface area contributed by atoms with Crippen LogP contribution in [0.4, 0.5) is 35.5 Å². The maximum Gasteiger partial charge on any atom is 0.416 e. The smallest absolute Gasteiger partial charge is 0.416 e. The quantitative estimate of drug-likeness (QED) is 0.252. The zero-order valence-electron chi connectivity index (χ0n) is 22.8. The van der Waals surface area contributed by atoms with Gasteiger partial charge in [-0.1, -0.05) is 12.1 Å². The Balaban J connectivity index is 2.15. The van der Waals surface area contributed by atoms with Crippen LogP contribution in [-0.4, -0.2) is 59.6 Å². The number of rotatable bonds is 9. The molecule has 1 heterocycles. The number of ether oxygens (including phenoxy) is 2. The Morgan fingerprint density at radius 3 is 2.02 bits per heavy atom. The predicted molar refractivity (Wildman–Crippen MR) is 134 cm³/mol. The second kappa shape index (κ2) is 12.5. The Morgan fingerprint density at radius 2 is 1.57 bits per heavy atom. The largest absolute Gasteiger partial charge is 0.469 e. The minimum absolute atomic E-state index is 0.0156. The van der Waals surface area contributed by atoms with E-state index in [1.165, 1.54) is 26.0 Å². The van der Waals surface area contributed by atoms with Crippen molar-refractivity contribution in [3.8, 4) is 0 Å². The van der Waals surface area contributed by atoms with Crippen LogP contribution in [0.1, 0.15) is 61.0 Å². The molecule has 2 aromatic carbocycles. The summed E-state index contributed by atoms with van der Waals surface area (Å²) < 4.78 is 106. The number of hydrogen-bond donors (Lipinski definition) is 2. The first-order valence-electron chi connectivity index (χ1n) is 12.8. The lowest BCUT2D eigenvalue weighted by Crippen LogP contribution is -2.52. The minimum Gasteiger partial charge on any atom is -0.469 e. The highest BCUT2D eigenvalue weighted by atomic mass is 19.4. The fourth-order valence-electron chi connectivity index (χ4n) is 5.57. The molecular weight excluding hydrogens is 579 g/mol. The van der Waals surface area contributed by atoms with Crippen LogP contribution in [0.15, 0.2) is 42.5 Å². The summed E-state index contributed by atoms with van der Waals surface area (Å²) in [5.41, 5.74) is -4.83. The van der Waals surface area contributed by atoms with E-state index in [4.69, 9.17) is 9.47 Å². The Bertz CT molecular complexity index is 1230. The summed E-state index contributed by atoms with van der Waals surface area (Å²) in [4.78, 5) is 26.4. The zero-order valence-corrected chi connectivity index (χ0v) is 22.8. The lowest BCUT2D eigenvalue weighted by Gasteiger charge is -2.40. The number of carboxylic acid groups (broad SMARTS) is 1. The normalized spacial score (nSPS) is 21.6. The van der Waals surface area contributed by atoms with Crippen LogP contribution in [0.5, 0.6) is 0 Å². The summed E-state index contributed by atoms with van der Waals surface area (Å²) in [6.07, 6.45) is -14.3. The molecule has 2 N–H and O–H groups in total. The first kappa shape index (κ1) is 33.1. The fourth-order valence-corrected chi connectivity index (χ4v) is 5.57. The number of hydrogen-bond acceptors (Lipinski definition) is 5. The van der Waals surface area contributed by atoms with Gasteiger partial charge in [-0.25, -0.2) is 9.18 Å². The van der Waals surface area contributed by atoms with E-state index in [-0.39, 0.29) is 25.5 Å². The molecule has 232 valence electrons. The van der Waals surface area contributed by atoms with E-state index in [1.807, 2.05) is 0 Å². The summed E-state index contributed by atoms with van der Waals surface area (Å²) in [7, 11) is 1.09. The van der Waals surface area contributed by atoms with Gasteiger partial charge in [0.25, 0.3) is 0 Å². The van der Waals surface area contributed by atoms with Gasteiger partial charge in [0.15, 0.2) is 0 Å². The highest BCUT2D eigenvalue weighted by Gasteiger charge is 2.57. The van der Waals surface area contributed by atoms with Crippen molar-refractivity contribution in [3.05, 3.63) is 70.5 Å². The maximum atomic E-state index is 13.8. The first-order chi connectivity index (χ1) is 19.4. The third-order valence-corrected chi connectivity index (χ3v) is 7.57. The molecule has 0 aromatic heterocycles. The van der Waals surface area contributed by atoms with Gasteiger partial charge in [0.1, 0.15) is 5.82 Å². The van der Waals surface area contributed by atoms with Gasteiger partial charge in [-0.2, -0.15) is 26.3 Å². The molecule has 14 heteroatoms. The third kappa shape index (κ3) is 6.97. The van der Waals surface area contributed by atoms with Crippen molar-refractivity contribution < 1.29 is 60.0 Å². The summed E-state index contributed by atoms with van der Waals surface area (Å²) >= 11 is 0. The van der Waals surface area contributed by atoms with E-state index in [9.17, 15) is 50.5 Å². The number of amides is 1. The van der Waals surface area contributed by atoms with Gasteiger partial charge >= 0.3 is 24.4 Å². The van der Waals surface area contributed by atoms with Crippen molar-refractivity contribution in [2.45, 2.75) is 63.2 Å². The number of aliphatic hydroxyl groups excluding tert-OH is 1. The molecule has 7 nitrogen and oxygen atoms in total. The molecule has 42 heavy (non-hydrogen) atoms. The number of alkyl halides is 6. The van der Waals surface area contributed by atoms with E-state index in [2.05, 4.69) is 0 Å². The third-order valence-electron chi connectivity index (χ3n) is 7.57. The average molecular weight is 610 g/mol. The SMILES string of the molecule is COC(=O)C(C)(CCCO)[C@H]1[C@H](c2ccc(F)cc2)[C@@H](O[C@H](C)c2cc(C(F)(F)F)cc(C(F)(F)F)c2)CN1C(=O)O. The fraction of sp³-hybridized carbons (Fsp3) is 0.500. The molecule has 2 aromatic rings. The van der Waals surface area contributed by atoms with Gasteiger partial charge in [-0.05, 0) is 68.1 Å². The lowest BCUT2D eigenvalue weighted by atomic mass is 9.70. The zero-order chi connectivity index (χ0) is 31.6. The second-order valence-corrected chi connectivity index (χ2v) is 10.3. The number of methoxy groups -OCH3 is 1. The lowest BCUT2D eigenvalue weighted by molar-refractivity contribution is -0.156. The van der Waals surface area contributed by atoms with E-state index in [0.717, 1.165) is 24.1 Å². The Hall–Kier alpha value is -3.39. The standard InChI is InChI=1S/C28H30F7NO6/c1-15(17-11-18(27(30,31)32)13-19(12-17)28(33,34)35)42-21-14-36(25(39)40)23(22(21)16-5-7-20(29)8-6-16)26(2,9-4-10-37)24(38)41-3/h5-8,11-13,15,21-23,37H,4,9-10,14H2,1-3H3,(H,39,40)/t15-,21+,22-,23-,26?/m1/s1. The molecule has 0 spiro atoms. The van der Waals surface area contributed by atoms with Crippen molar-refractivity contribution >= 4 is 12.1 Å². The first-order valence-corrected chi connectivity index (χ1v) is 12.8. The van der Waals surface area contributed by atoms with Gasteiger partial charge in [0, 0.05) is 12.5 Å². The molecule has 3 rings (SSSR count). The highest BCUT2D eigenvalue weighted by Crippen LogP contribution is 2.48. The Kier molecular flexibility index (Phi) is 9.82. The van der Waals surface area contributed by atoms with Gasteiger partial charge in [-0.3, -0.25) is 4.79 Å². The number of halogens is 7. The van der Waals surface area contributed by atoms with Crippen molar-refractivity contribution in [1.29, 1.82) is 0 Å². The van der Waals surface area contributed by atoms with Crippen LogP contribution in [-0.2, 0) is 26.6 Å². The molecule has 1 aliphatic rings. The highest BCUT2D eigenvalue weighted by molar-refractivity contribution is 5.79. The van der Waals surface area contributed by atoms with Gasteiger partial charge in [0.05, 0.1) is 48.4 Å². The summed E-state index contributed by atoms with van der Waals surface area (Å²) in [6.45, 7) is 1.88. The number of carbonyl (C=O) groups excluding carboxylic acids is 1. The molecule has 0 radical (unpaired) electrons. The molecule has 1 unspecified atom stereocenters. The van der Waals surface area contributed by atoms with E-state index in [1.54, 1.807) is 0 Å². The number of esters is 1. The second-order valence-electron chi connectivity index (χ2n) is 10.3. The molecule has 1 fully saturated rings. The van der Waals surface area contributed by atoms with Crippen LogP contribution in [0.25, 0.3) is 0 Å². The van der Waals surface area contributed by atoms with Crippen molar-refractivity contribution in [2.75, 3.05) is 20.3 Å². The number of nitrogens with zero attached hydrogens (tertiary/aromatic N) is 1. The van der Waals surface area contributed by atoms with Crippen LogP contribution >= 0.6 is 0 Å². The number of carbonyl (C=O) groups is 2. The van der Waals surface area contributed by atoms with Crippen LogP contribution in [0.3, 0.4) is 0 Å². The maximum absolute atomic E-state index is 13.8. The molecule has 1 saturated heterocycles. The molecule has 5 atom stereocenters. The summed E-state index contributed by atoms with van der Waals surface area (Å²) in [6, 6.07) is 4.62. The van der Waals surface area contributed by atoms with Gasteiger partial charge in [-0.15, -0.1) is 0 Å². The Labute approximate surface area is 236 Å². The number of aliphatic hydroxyl groups is 1. The molecular formula is C28H30F7NO6. The average Bonchev–Trinajstić information content (AvgIpc) is 3.30. The van der Waals surface area contributed by atoms with Gasteiger partial charge < -0.3 is 24.6 Å². The van der Waals surface area contributed by atoms with Crippen molar-refractivity contribution in [2.24, 2.45) is 5.41 Å². The summed E-state index contributed by atoms with van der Waals surface area (Å²) in [5.74, 6) is -2.49. The van der Waals surface area contributed by atoms with Crippen LogP contribution in [0, 0.1) is 11.2 Å². The van der Waals surface area contributed by atoms with Crippen LogP contribution in [0.2, 0.25) is 0 Å². The Morgan fingerprint density at radius 1 is 1.02 bits per heavy atom. The van der Waals surface area contributed by atoms with E-state index >= 15 is 0 Å². The van der Waals surface area contributed by atoms with Gasteiger partial charge in [0.2, 0.25) is 0 Å². The number of benzene rings is 2. The van der Waals surface area contributed by atoms with E-state index in [0.29, 0.717) is 17.7 Å². The van der Waals surface area contributed by atoms with Crippen LogP contribution < -0.4 is 0 Å². The number of likely N-dealkylation sites (tertiary alicyclic amines) is 1. The topological polar surface area (TPSA) is 96.3 Å². The summed E-state index contributed by atoms with van der Waals surface area (Å²) in [5, 5.41) is 19.6. The minimum atomic E-state index is -5.10. The predicted octanol–water partition coefficient (Wildman–Crippen LogP) is 6.41. The molecule has 0 bridgehead atoms. The van der Waals surface area contributed by atoms with Crippen molar-refractivity contribution in [3.63, 3.8) is 0 Å². The molecule has 1 aliphatic heterocycles. The molecule has 0 saturated carbocycles. The monoisotopic (exact) mass is 609 g/mol. The molecule has 1 amide bonds. The molecule has 0 aliphatic carbocycles. The van der Waals surface area contributed by atoms with E-state index < -0.39 is 83.1 Å². The van der Waals surface area contributed by atoms with Crippen molar-refractivity contribution in [1.82, 2.24) is 4.90 Å².